The number of halogens is 3. The fraction of sp³-hybridized carbons (Fsp3) is 0.333. The van der Waals surface area contributed by atoms with Crippen molar-refractivity contribution in [3.8, 4) is 5.75 Å². The third-order valence-corrected chi connectivity index (χ3v) is 2.37. The van der Waals surface area contributed by atoms with Crippen LogP contribution in [0.3, 0.4) is 0 Å². The summed E-state index contributed by atoms with van der Waals surface area (Å²) in [5, 5.41) is 13.6. The molecule has 1 aromatic rings. The van der Waals surface area contributed by atoms with Gasteiger partial charge in [0.05, 0.1) is 0 Å². The van der Waals surface area contributed by atoms with Crippen LogP contribution in [0.1, 0.15) is 23.2 Å². The van der Waals surface area contributed by atoms with Gasteiger partial charge in [0.1, 0.15) is 11.6 Å². The molecule has 0 saturated carbocycles. The van der Waals surface area contributed by atoms with Crippen LogP contribution in [0, 0.1) is 0 Å². The Labute approximate surface area is 118 Å². The Morgan fingerprint density at radius 2 is 1.95 bits per heavy atom. The molecule has 4 N–H and O–H groups in total. The predicted molar refractivity (Wildman–Crippen MR) is 68.1 cm³/mol. The Hall–Kier alpha value is -2.45. The minimum absolute atomic E-state index is 0.0536. The fourth-order valence-corrected chi connectivity index (χ4v) is 1.43. The van der Waals surface area contributed by atoms with Crippen LogP contribution in [0.5, 0.6) is 5.75 Å². The summed E-state index contributed by atoms with van der Waals surface area (Å²) in [6.45, 7) is 0.288. The van der Waals surface area contributed by atoms with Gasteiger partial charge < -0.3 is 21.0 Å². The second-order valence-electron chi connectivity index (χ2n) is 4.02. The van der Waals surface area contributed by atoms with Crippen LogP contribution in [0.4, 0.5) is 13.2 Å². The van der Waals surface area contributed by atoms with Crippen LogP contribution < -0.4 is 15.8 Å². The molecule has 0 saturated heterocycles. The molecule has 9 heteroatoms. The van der Waals surface area contributed by atoms with Gasteiger partial charge in [0.15, 0.2) is 0 Å². The highest BCUT2D eigenvalue weighted by Crippen LogP contribution is 2.22. The summed E-state index contributed by atoms with van der Waals surface area (Å²) < 4.78 is 39.6. The summed E-state index contributed by atoms with van der Waals surface area (Å²) in [4.78, 5) is 11.7. The number of hydrogen-bond donors (Lipinski definition) is 3. The lowest BCUT2D eigenvalue weighted by Crippen LogP contribution is -2.25. The highest BCUT2D eigenvalue weighted by atomic mass is 19.4. The van der Waals surface area contributed by atoms with Crippen LogP contribution in [-0.2, 0) is 0 Å². The van der Waals surface area contributed by atoms with Crippen molar-refractivity contribution < 1.29 is 27.9 Å². The maximum Gasteiger partial charge on any atom is 0.573 e. The van der Waals surface area contributed by atoms with E-state index in [2.05, 4.69) is 15.2 Å². The Kier molecular flexibility index (Phi) is 5.82. The maximum atomic E-state index is 12.0. The van der Waals surface area contributed by atoms with E-state index in [1.54, 1.807) is 0 Å². The van der Waals surface area contributed by atoms with Crippen molar-refractivity contribution in [2.24, 2.45) is 10.9 Å². The molecule has 1 rings (SSSR count). The van der Waals surface area contributed by atoms with Crippen molar-refractivity contribution in [1.29, 1.82) is 0 Å². The zero-order valence-electron chi connectivity index (χ0n) is 10.9. The van der Waals surface area contributed by atoms with Gasteiger partial charge in [-0.2, -0.15) is 0 Å². The SMILES string of the molecule is N/C(CCCNC(=O)c1ccc(OC(F)(F)F)cc1)=N/O. The first-order valence-electron chi connectivity index (χ1n) is 5.92. The number of benzene rings is 1. The molecular weight excluding hydrogens is 291 g/mol. The molecule has 0 bridgehead atoms. The van der Waals surface area contributed by atoms with Crippen molar-refractivity contribution in [2.75, 3.05) is 6.54 Å². The predicted octanol–water partition coefficient (Wildman–Crippen LogP) is 1.84. The first-order chi connectivity index (χ1) is 9.81. The number of rotatable bonds is 6. The zero-order valence-corrected chi connectivity index (χ0v) is 10.9. The molecular formula is C12H14F3N3O3. The lowest BCUT2D eigenvalue weighted by atomic mass is 10.2. The number of nitrogens with one attached hydrogen (secondary N) is 1. The van der Waals surface area contributed by atoms with Crippen LogP contribution in [0.2, 0.25) is 0 Å². The zero-order chi connectivity index (χ0) is 15.9. The van der Waals surface area contributed by atoms with Gasteiger partial charge in [-0.25, -0.2) is 0 Å². The number of nitrogens with zero attached hydrogens (tertiary/aromatic N) is 1. The Bertz CT molecular complexity index is 501. The summed E-state index contributed by atoms with van der Waals surface area (Å²) >= 11 is 0. The highest BCUT2D eigenvalue weighted by molar-refractivity contribution is 5.94. The summed E-state index contributed by atoms with van der Waals surface area (Å²) in [6, 6.07) is 4.55. The number of ether oxygens (including phenoxy) is 1. The lowest BCUT2D eigenvalue weighted by molar-refractivity contribution is -0.274. The maximum absolute atomic E-state index is 12.0. The molecule has 0 radical (unpaired) electrons. The quantitative estimate of drug-likeness (QED) is 0.246. The molecule has 116 valence electrons. The normalized spacial score (nSPS) is 12.0. The van der Waals surface area contributed by atoms with Gasteiger partial charge in [-0.15, -0.1) is 13.2 Å². The van der Waals surface area contributed by atoms with Gasteiger partial charge in [-0.3, -0.25) is 4.79 Å². The largest absolute Gasteiger partial charge is 0.573 e. The molecule has 1 aromatic carbocycles. The summed E-state index contributed by atoms with van der Waals surface area (Å²) in [6.07, 6.45) is -3.98. The number of hydrogen-bond acceptors (Lipinski definition) is 4. The van der Waals surface area contributed by atoms with Gasteiger partial charge in [0.25, 0.3) is 5.91 Å². The topological polar surface area (TPSA) is 96.9 Å². The minimum Gasteiger partial charge on any atom is -0.409 e. The molecule has 0 aromatic heterocycles. The Morgan fingerprint density at radius 3 is 2.48 bits per heavy atom. The Balaban J connectivity index is 2.44. The van der Waals surface area contributed by atoms with E-state index in [0.29, 0.717) is 12.8 Å². The van der Waals surface area contributed by atoms with E-state index in [1.165, 1.54) is 12.1 Å². The number of oxime groups is 1. The molecule has 0 aliphatic carbocycles. The van der Waals surface area contributed by atoms with Gasteiger partial charge >= 0.3 is 6.36 Å². The van der Waals surface area contributed by atoms with E-state index in [4.69, 9.17) is 10.9 Å². The van der Waals surface area contributed by atoms with Crippen LogP contribution in [0.25, 0.3) is 0 Å². The molecule has 0 atom stereocenters. The summed E-state index contributed by atoms with van der Waals surface area (Å²) in [5.41, 5.74) is 5.45. The average Bonchev–Trinajstić information content (AvgIpc) is 2.42. The van der Waals surface area contributed by atoms with Gasteiger partial charge in [0, 0.05) is 18.5 Å². The number of amidine groups is 1. The number of nitrogens with two attached hydrogens (primary N) is 1. The van der Waals surface area contributed by atoms with Gasteiger partial charge in [0.2, 0.25) is 0 Å². The second kappa shape index (κ2) is 7.36. The van der Waals surface area contributed by atoms with Crippen molar-refractivity contribution in [3.63, 3.8) is 0 Å². The fourth-order valence-electron chi connectivity index (χ4n) is 1.43. The standard InChI is InChI=1S/C12H14F3N3O3/c13-12(14,15)21-9-5-3-8(4-6-9)11(19)17-7-1-2-10(16)18-20/h3-6,20H,1-2,7H2,(H2,16,18)(H,17,19). The molecule has 0 unspecified atom stereocenters. The molecule has 0 fully saturated rings. The van der Waals surface area contributed by atoms with E-state index < -0.39 is 18.0 Å². The summed E-state index contributed by atoms with van der Waals surface area (Å²) in [7, 11) is 0. The smallest absolute Gasteiger partial charge is 0.409 e. The molecule has 0 aliphatic rings. The lowest BCUT2D eigenvalue weighted by Gasteiger charge is -2.09. The van der Waals surface area contributed by atoms with E-state index in [1.807, 2.05) is 0 Å². The number of carbonyl (C=O) groups excluding carboxylic acids is 1. The van der Waals surface area contributed by atoms with Gasteiger partial charge in [-0.05, 0) is 30.7 Å². The second-order valence-corrected chi connectivity index (χ2v) is 4.02. The van der Waals surface area contributed by atoms with Crippen LogP contribution in [0.15, 0.2) is 29.4 Å². The summed E-state index contributed by atoms with van der Waals surface area (Å²) in [5.74, 6) is -0.781. The molecule has 0 aliphatic heterocycles. The third kappa shape index (κ3) is 6.50. The van der Waals surface area contributed by atoms with E-state index in [-0.39, 0.29) is 17.9 Å². The van der Waals surface area contributed by atoms with Crippen LogP contribution >= 0.6 is 0 Å². The van der Waals surface area contributed by atoms with Crippen molar-refractivity contribution in [3.05, 3.63) is 29.8 Å². The van der Waals surface area contributed by atoms with E-state index >= 15 is 0 Å². The van der Waals surface area contributed by atoms with Crippen LogP contribution in [-0.4, -0.2) is 29.9 Å². The number of carbonyl (C=O) groups is 1. The van der Waals surface area contributed by atoms with Crippen molar-refractivity contribution in [2.45, 2.75) is 19.2 Å². The number of alkyl halides is 3. The van der Waals surface area contributed by atoms with Crippen molar-refractivity contribution >= 4 is 11.7 Å². The molecule has 6 nitrogen and oxygen atoms in total. The average molecular weight is 305 g/mol. The molecule has 21 heavy (non-hydrogen) atoms. The van der Waals surface area contributed by atoms with Crippen molar-refractivity contribution in [1.82, 2.24) is 5.32 Å². The molecule has 1 amide bonds. The first kappa shape index (κ1) is 16.6. The highest BCUT2D eigenvalue weighted by Gasteiger charge is 2.31. The van der Waals surface area contributed by atoms with E-state index in [9.17, 15) is 18.0 Å². The minimum atomic E-state index is -4.77. The first-order valence-corrected chi connectivity index (χ1v) is 5.92. The Morgan fingerprint density at radius 1 is 1.33 bits per heavy atom. The molecule has 0 spiro atoms. The van der Waals surface area contributed by atoms with E-state index in [0.717, 1.165) is 12.1 Å². The third-order valence-electron chi connectivity index (χ3n) is 2.37. The monoisotopic (exact) mass is 305 g/mol. The number of amides is 1. The molecule has 0 heterocycles. The van der Waals surface area contributed by atoms with Gasteiger partial charge in [-0.1, -0.05) is 5.16 Å².